The molecule has 1 aliphatic rings. The number of carbonyl (C=O) groups excluding carboxylic acids is 2. The summed E-state index contributed by atoms with van der Waals surface area (Å²) < 4.78 is 0. The molecule has 114 valence electrons. The molecule has 0 unspecified atom stereocenters. The van der Waals surface area contributed by atoms with Gasteiger partial charge in [0.25, 0.3) is 0 Å². The molecule has 6 nitrogen and oxygen atoms in total. The Hall–Kier alpha value is -1.92. The van der Waals surface area contributed by atoms with Crippen LogP contribution in [0.2, 0.25) is 0 Å². The number of primary amides is 1. The second-order valence-electron chi connectivity index (χ2n) is 5.27. The van der Waals surface area contributed by atoms with Crippen molar-refractivity contribution < 1.29 is 9.59 Å². The van der Waals surface area contributed by atoms with Gasteiger partial charge in [-0.3, -0.25) is 15.0 Å². The SMILES string of the molecule is NC(=O)NC(=O)CCN1CCN(Cc2ccccc2)CC1. The van der Waals surface area contributed by atoms with Crippen LogP contribution in [0.3, 0.4) is 0 Å². The number of hydrogen-bond donors (Lipinski definition) is 2. The lowest BCUT2D eigenvalue weighted by atomic mass is 10.2. The molecule has 6 heteroatoms. The van der Waals surface area contributed by atoms with E-state index >= 15 is 0 Å². The average Bonchev–Trinajstić information content (AvgIpc) is 2.47. The Kier molecular flexibility index (Phi) is 5.71. The van der Waals surface area contributed by atoms with E-state index in [1.54, 1.807) is 0 Å². The molecule has 0 aliphatic carbocycles. The minimum Gasteiger partial charge on any atom is -0.351 e. The van der Waals surface area contributed by atoms with E-state index in [2.05, 4.69) is 39.4 Å². The summed E-state index contributed by atoms with van der Waals surface area (Å²) in [6, 6.07) is 9.64. The van der Waals surface area contributed by atoms with E-state index in [0.29, 0.717) is 13.0 Å². The third-order valence-corrected chi connectivity index (χ3v) is 3.63. The number of nitrogens with zero attached hydrogens (tertiary/aromatic N) is 2. The number of hydrogen-bond acceptors (Lipinski definition) is 4. The van der Waals surface area contributed by atoms with Crippen molar-refractivity contribution in [3.63, 3.8) is 0 Å². The molecule has 0 spiro atoms. The zero-order valence-electron chi connectivity index (χ0n) is 12.1. The number of nitrogens with one attached hydrogen (secondary N) is 1. The summed E-state index contributed by atoms with van der Waals surface area (Å²) >= 11 is 0. The number of rotatable bonds is 5. The number of piperazine rings is 1. The molecule has 21 heavy (non-hydrogen) atoms. The molecule has 1 aliphatic heterocycles. The van der Waals surface area contributed by atoms with Crippen LogP contribution < -0.4 is 11.1 Å². The van der Waals surface area contributed by atoms with E-state index in [1.165, 1.54) is 5.56 Å². The van der Waals surface area contributed by atoms with Gasteiger partial charge in [0.05, 0.1) is 0 Å². The van der Waals surface area contributed by atoms with Gasteiger partial charge in [-0.05, 0) is 5.56 Å². The van der Waals surface area contributed by atoms with E-state index in [0.717, 1.165) is 32.7 Å². The van der Waals surface area contributed by atoms with E-state index in [9.17, 15) is 9.59 Å². The van der Waals surface area contributed by atoms with E-state index in [-0.39, 0.29) is 5.91 Å². The molecule has 0 radical (unpaired) electrons. The van der Waals surface area contributed by atoms with Crippen LogP contribution in [0.15, 0.2) is 30.3 Å². The lowest BCUT2D eigenvalue weighted by molar-refractivity contribution is -0.120. The lowest BCUT2D eigenvalue weighted by Gasteiger charge is -2.34. The first kappa shape index (κ1) is 15.5. The van der Waals surface area contributed by atoms with Crippen molar-refractivity contribution in [1.29, 1.82) is 0 Å². The second kappa shape index (κ2) is 7.75. The smallest absolute Gasteiger partial charge is 0.318 e. The van der Waals surface area contributed by atoms with Gasteiger partial charge in [0.15, 0.2) is 0 Å². The topological polar surface area (TPSA) is 78.7 Å². The summed E-state index contributed by atoms with van der Waals surface area (Å²) in [7, 11) is 0. The molecule has 1 aromatic rings. The van der Waals surface area contributed by atoms with Gasteiger partial charge in [0, 0.05) is 45.7 Å². The first-order chi connectivity index (χ1) is 10.1. The molecule has 0 atom stereocenters. The maximum absolute atomic E-state index is 11.4. The predicted octanol–water partition coefficient (Wildman–Crippen LogP) is 0.389. The van der Waals surface area contributed by atoms with E-state index in [1.807, 2.05) is 6.07 Å². The number of nitrogens with two attached hydrogens (primary N) is 1. The van der Waals surface area contributed by atoms with Crippen molar-refractivity contribution in [2.24, 2.45) is 5.73 Å². The monoisotopic (exact) mass is 290 g/mol. The van der Waals surface area contributed by atoms with Gasteiger partial charge in [-0.1, -0.05) is 30.3 Å². The van der Waals surface area contributed by atoms with Crippen molar-refractivity contribution in [2.75, 3.05) is 32.7 Å². The van der Waals surface area contributed by atoms with Gasteiger partial charge in [0.2, 0.25) is 5.91 Å². The quantitative estimate of drug-likeness (QED) is 0.822. The van der Waals surface area contributed by atoms with Crippen LogP contribution in [0.5, 0.6) is 0 Å². The van der Waals surface area contributed by atoms with Crippen LogP contribution in [0.25, 0.3) is 0 Å². The molecule has 2 rings (SSSR count). The molecule has 1 aromatic carbocycles. The highest BCUT2D eigenvalue weighted by Crippen LogP contribution is 2.08. The van der Waals surface area contributed by atoms with E-state index < -0.39 is 6.03 Å². The van der Waals surface area contributed by atoms with Gasteiger partial charge >= 0.3 is 6.03 Å². The Bertz CT molecular complexity index is 470. The summed E-state index contributed by atoms with van der Waals surface area (Å²) in [4.78, 5) is 26.6. The first-order valence-electron chi connectivity index (χ1n) is 7.21. The molecular weight excluding hydrogens is 268 g/mol. The number of urea groups is 1. The standard InChI is InChI=1S/C15H22N4O2/c16-15(21)17-14(20)6-7-18-8-10-19(11-9-18)12-13-4-2-1-3-5-13/h1-5H,6-12H2,(H3,16,17,20,21). The molecule has 0 aromatic heterocycles. The minimum atomic E-state index is -0.785. The average molecular weight is 290 g/mol. The Morgan fingerprint density at radius 2 is 1.67 bits per heavy atom. The number of imide groups is 1. The fraction of sp³-hybridized carbons (Fsp3) is 0.467. The highest BCUT2D eigenvalue weighted by molar-refractivity contribution is 5.93. The van der Waals surface area contributed by atoms with Crippen LogP contribution in [0.4, 0.5) is 4.79 Å². The predicted molar refractivity (Wildman–Crippen MR) is 80.5 cm³/mol. The molecule has 3 N–H and O–H groups in total. The van der Waals surface area contributed by atoms with Gasteiger partial charge in [-0.2, -0.15) is 0 Å². The van der Waals surface area contributed by atoms with Gasteiger partial charge < -0.3 is 10.6 Å². The van der Waals surface area contributed by atoms with Crippen molar-refractivity contribution >= 4 is 11.9 Å². The summed E-state index contributed by atoms with van der Waals surface area (Å²) in [5.41, 5.74) is 6.23. The molecule has 1 saturated heterocycles. The Morgan fingerprint density at radius 1 is 1.05 bits per heavy atom. The lowest BCUT2D eigenvalue weighted by Crippen LogP contribution is -2.47. The molecule has 3 amide bonds. The summed E-state index contributed by atoms with van der Waals surface area (Å²) in [5, 5.41) is 2.09. The highest BCUT2D eigenvalue weighted by atomic mass is 16.2. The van der Waals surface area contributed by atoms with Gasteiger partial charge in [-0.25, -0.2) is 4.79 Å². The Balaban J connectivity index is 1.66. The van der Waals surface area contributed by atoms with Crippen LogP contribution >= 0.6 is 0 Å². The summed E-state index contributed by atoms with van der Waals surface area (Å²) in [5.74, 6) is -0.311. The van der Waals surface area contributed by atoms with Crippen molar-refractivity contribution in [2.45, 2.75) is 13.0 Å². The summed E-state index contributed by atoms with van der Waals surface area (Å²) in [6.07, 6.45) is 0.307. The summed E-state index contributed by atoms with van der Waals surface area (Å²) in [6.45, 7) is 5.50. The number of benzene rings is 1. The van der Waals surface area contributed by atoms with E-state index in [4.69, 9.17) is 5.73 Å². The maximum Gasteiger partial charge on any atom is 0.318 e. The van der Waals surface area contributed by atoms with Crippen LogP contribution in [-0.4, -0.2) is 54.5 Å². The molecule has 0 bridgehead atoms. The Labute approximate surface area is 124 Å². The first-order valence-corrected chi connectivity index (χ1v) is 7.21. The zero-order chi connectivity index (χ0) is 15.1. The minimum absolute atomic E-state index is 0.307. The molecule has 0 saturated carbocycles. The fourth-order valence-corrected chi connectivity index (χ4v) is 2.47. The molecular formula is C15H22N4O2. The van der Waals surface area contributed by atoms with Crippen molar-refractivity contribution in [3.05, 3.63) is 35.9 Å². The fourth-order valence-electron chi connectivity index (χ4n) is 2.47. The largest absolute Gasteiger partial charge is 0.351 e. The number of carbonyl (C=O) groups is 2. The second-order valence-corrected chi connectivity index (χ2v) is 5.27. The molecule has 1 heterocycles. The third-order valence-electron chi connectivity index (χ3n) is 3.63. The van der Waals surface area contributed by atoms with Crippen LogP contribution in [-0.2, 0) is 11.3 Å². The third kappa shape index (κ3) is 5.53. The van der Waals surface area contributed by atoms with Crippen molar-refractivity contribution in [3.8, 4) is 0 Å². The normalized spacial score (nSPS) is 16.6. The van der Waals surface area contributed by atoms with Crippen LogP contribution in [0, 0.1) is 0 Å². The van der Waals surface area contributed by atoms with Gasteiger partial charge in [-0.15, -0.1) is 0 Å². The Morgan fingerprint density at radius 3 is 2.29 bits per heavy atom. The van der Waals surface area contributed by atoms with Crippen molar-refractivity contribution in [1.82, 2.24) is 15.1 Å². The zero-order valence-corrected chi connectivity index (χ0v) is 12.1. The van der Waals surface area contributed by atoms with Crippen LogP contribution in [0.1, 0.15) is 12.0 Å². The highest BCUT2D eigenvalue weighted by Gasteiger charge is 2.17. The molecule has 1 fully saturated rings. The van der Waals surface area contributed by atoms with Gasteiger partial charge in [0.1, 0.15) is 0 Å². The maximum atomic E-state index is 11.4. The number of amides is 3.